The van der Waals surface area contributed by atoms with Gasteiger partial charge in [-0.2, -0.15) is 0 Å². The lowest BCUT2D eigenvalue weighted by Crippen LogP contribution is -2.38. The van der Waals surface area contributed by atoms with E-state index in [4.69, 9.17) is 10.5 Å². The highest BCUT2D eigenvalue weighted by atomic mass is 19.1. The number of rotatable bonds is 0. The summed E-state index contributed by atoms with van der Waals surface area (Å²) in [6, 6.07) is 1.09. The van der Waals surface area contributed by atoms with Gasteiger partial charge in [0.25, 0.3) is 0 Å². The third-order valence-corrected chi connectivity index (χ3v) is 2.18. The molecule has 76 valence electrons. The molecule has 0 bridgehead atoms. The first-order valence-corrected chi connectivity index (χ1v) is 4.15. The maximum absolute atomic E-state index is 13.1. The smallest absolute Gasteiger partial charge is 0.168 e. The molecule has 0 radical (unpaired) electrons. The fraction of sp³-hybridized carbons (Fsp3) is 0.333. The Morgan fingerprint density at radius 1 is 1.43 bits per heavy atom. The predicted molar refractivity (Wildman–Crippen MR) is 44.8 cm³/mol. The zero-order chi connectivity index (χ0) is 10.3. The van der Waals surface area contributed by atoms with E-state index >= 15 is 0 Å². The fourth-order valence-electron chi connectivity index (χ4n) is 1.45. The van der Waals surface area contributed by atoms with Crippen LogP contribution < -0.4 is 10.5 Å². The van der Waals surface area contributed by atoms with Crippen LogP contribution in [0.5, 0.6) is 5.75 Å². The number of ether oxygens (including phenoxy) is 1. The maximum atomic E-state index is 13.1. The molecule has 0 saturated carbocycles. The van der Waals surface area contributed by atoms with Crippen molar-refractivity contribution in [1.82, 2.24) is 0 Å². The highest BCUT2D eigenvalue weighted by Crippen LogP contribution is 2.34. The van der Waals surface area contributed by atoms with Crippen LogP contribution in [0.15, 0.2) is 12.1 Å². The summed E-state index contributed by atoms with van der Waals surface area (Å²) in [4.78, 5) is 0. The number of hydrogen-bond donors (Lipinski definition) is 2. The number of benzene rings is 1. The molecule has 1 aromatic rings. The van der Waals surface area contributed by atoms with Gasteiger partial charge in [-0.1, -0.05) is 0 Å². The summed E-state index contributed by atoms with van der Waals surface area (Å²) >= 11 is 0. The van der Waals surface area contributed by atoms with Crippen LogP contribution >= 0.6 is 0 Å². The lowest BCUT2D eigenvalue weighted by molar-refractivity contribution is 0.0880. The summed E-state index contributed by atoms with van der Waals surface area (Å²) in [7, 11) is 0. The van der Waals surface area contributed by atoms with Crippen molar-refractivity contribution in [3.05, 3.63) is 29.3 Å². The molecule has 5 heteroatoms. The summed E-state index contributed by atoms with van der Waals surface area (Å²) in [5.74, 6) is -1.68. The normalized spacial score (nSPS) is 25.4. The second-order valence-corrected chi connectivity index (χ2v) is 3.23. The number of hydrogen-bond acceptors (Lipinski definition) is 3. The van der Waals surface area contributed by atoms with Gasteiger partial charge in [-0.05, 0) is 6.07 Å². The molecule has 3 nitrogen and oxygen atoms in total. The molecular formula is C9H9F2NO2. The van der Waals surface area contributed by atoms with E-state index in [1.54, 1.807) is 0 Å². The largest absolute Gasteiger partial charge is 0.488 e. The summed E-state index contributed by atoms with van der Waals surface area (Å²) in [6.45, 7) is 0.0245. The second-order valence-electron chi connectivity index (χ2n) is 3.23. The Morgan fingerprint density at radius 2 is 2.14 bits per heavy atom. The predicted octanol–water partition coefficient (Wildman–Crippen LogP) is 0.718. The Bertz CT molecular complexity index is 370. The van der Waals surface area contributed by atoms with Crippen molar-refractivity contribution in [2.24, 2.45) is 5.73 Å². The van der Waals surface area contributed by atoms with E-state index in [1.807, 2.05) is 0 Å². The molecule has 14 heavy (non-hydrogen) atoms. The van der Waals surface area contributed by atoms with Crippen LogP contribution in [-0.2, 0) is 0 Å². The first-order chi connectivity index (χ1) is 6.59. The third kappa shape index (κ3) is 1.34. The summed E-state index contributed by atoms with van der Waals surface area (Å²) in [5, 5.41) is 9.54. The van der Waals surface area contributed by atoms with Crippen LogP contribution in [0.1, 0.15) is 11.7 Å². The van der Waals surface area contributed by atoms with Gasteiger partial charge in [0.1, 0.15) is 18.5 Å². The molecule has 0 aliphatic carbocycles. The van der Waals surface area contributed by atoms with Crippen LogP contribution in [-0.4, -0.2) is 17.8 Å². The van der Waals surface area contributed by atoms with E-state index in [2.05, 4.69) is 0 Å². The first-order valence-electron chi connectivity index (χ1n) is 4.15. The van der Waals surface area contributed by atoms with Gasteiger partial charge in [-0.15, -0.1) is 0 Å². The Balaban J connectivity index is 2.54. The second kappa shape index (κ2) is 3.18. The minimum absolute atomic E-state index is 0.0245. The molecule has 3 N–H and O–H groups in total. The Labute approximate surface area is 79.1 Å². The molecule has 0 saturated heterocycles. The fourth-order valence-corrected chi connectivity index (χ4v) is 1.45. The van der Waals surface area contributed by atoms with Crippen molar-refractivity contribution in [1.29, 1.82) is 0 Å². The van der Waals surface area contributed by atoms with Gasteiger partial charge in [-0.3, -0.25) is 0 Å². The van der Waals surface area contributed by atoms with Crippen LogP contribution in [0.2, 0.25) is 0 Å². The average Bonchev–Trinajstić information content (AvgIpc) is 2.12. The molecule has 0 fully saturated rings. The monoisotopic (exact) mass is 201 g/mol. The van der Waals surface area contributed by atoms with Gasteiger partial charge in [-0.25, -0.2) is 8.78 Å². The van der Waals surface area contributed by atoms with Crippen molar-refractivity contribution in [3.63, 3.8) is 0 Å². The molecular weight excluding hydrogens is 192 g/mol. The van der Waals surface area contributed by atoms with Gasteiger partial charge in [0.05, 0.1) is 6.04 Å². The first kappa shape index (κ1) is 9.36. The molecule has 0 amide bonds. The highest BCUT2D eigenvalue weighted by Gasteiger charge is 2.29. The minimum atomic E-state index is -1.08. The zero-order valence-electron chi connectivity index (χ0n) is 7.21. The van der Waals surface area contributed by atoms with Crippen molar-refractivity contribution < 1.29 is 18.6 Å². The van der Waals surface area contributed by atoms with Crippen molar-refractivity contribution in [2.75, 3.05) is 6.61 Å². The molecule has 1 aromatic carbocycles. The Kier molecular flexibility index (Phi) is 2.13. The van der Waals surface area contributed by atoms with Crippen molar-refractivity contribution in [2.45, 2.75) is 12.1 Å². The number of fused-ring (bicyclic) bond motifs is 1. The number of aliphatic hydroxyl groups excluding tert-OH is 1. The van der Waals surface area contributed by atoms with Crippen LogP contribution in [0.4, 0.5) is 8.78 Å². The maximum Gasteiger partial charge on any atom is 0.168 e. The van der Waals surface area contributed by atoms with E-state index in [9.17, 15) is 13.9 Å². The van der Waals surface area contributed by atoms with Gasteiger partial charge in [0.2, 0.25) is 0 Å². The van der Waals surface area contributed by atoms with Crippen LogP contribution in [0.3, 0.4) is 0 Å². The average molecular weight is 201 g/mol. The standard InChI is InChI=1S/C9H9F2NO2/c10-4-1-5-8(13)7(12)3-14-9(5)6(11)2-4/h1-2,7-8,13H,3,12H2/t7-,8-/m0/s1. The van der Waals surface area contributed by atoms with E-state index in [-0.39, 0.29) is 17.9 Å². The lowest BCUT2D eigenvalue weighted by Gasteiger charge is -2.27. The molecule has 1 heterocycles. The minimum Gasteiger partial charge on any atom is -0.488 e. The molecule has 1 aliphatic rings. The van der Waals surface area contributed by atoms with Crippen LogP contribution in [0.25, 0.3) is 0 Å². The van der Waals surface area contributed by atoms with Gasteiger partial charge >= 0.3 is 0 Å². The Morgan fingerprint density at radius 3 is 2.86 bits per heavy atom. The highest BCUT2D eigenvalue weighted by molar-refractivity contribution is 5.39. The molecule has 0 spiro atoms. The van der Waals surface area contributed by atoms with Crippen LogP contribution in [0, 0.1) is 11.6 Å². The van der Waals surface area contributed by atoms with E-state index in [0.29, 0.717) is 6.07 Å². The number of aliphatic hydroxyl groups is 1. The zero-order valence-corrected chi connectivity index (χ0v) is 7.21. The number of nitrogens with two attached hydrogens (primary N) is 1. The molecule has 0 unspecified atom stereocenters. The van der Waals surface area contributed by atoms with Crippen molar-refractivity contribution >= 4 is 0 Å². The van der Waals surface area contributed by atoms with E-state index in [1.165, 1.54) is 0 Å². The lowest BCUT2D eigenvalue weighted by atomic mass is 9.99. The summed E-state index contributed by atoms with van der Waals surface area (Å²) in [6.07, 6.45) is -1.08. The Hall–Kier alpha value is -1.20. The van der Waals surface area contributed by atoms with E-state index in [0.717, 1.165) is 6.07 Å². The van der Waals surface area contributed by atoms with E-state index < -0.39 is 23.8 Å². The van der Waals surface area contributed by atoms with Gasteiger partial charge in [0.15, 0.2) is 11.6 Å². The number of halogens is 2. The topological polar surface area (TPSA) is 55.5 Å². The quantitative estimate of drug-likeness (QED) is 0.650. The molecule has 2 atom stereocenters. The molecule has 0 aromatic heterocycles. The SMILES string of the molecule is N[C@H]1COc2c(F)cc(F)cc2[C@@H]1O. The van der Waals surface area contributed by atoms with Crippen molar-refractivity contribution in [3.8, 4) is 5.75 Å². The van der Waals surface area contributed by atoms with Gasteiger partial charge in [0, 0.05) is 11.6 Å². The third-order valence-electron chi connectivity index (χ3n) is 2.18. The van der Waals surface area contributed by atoms with Gasteiger partial charge < -0.3 is 15.6 Å². The summed E-state index contributed by atoms with van der Waals surface area (Å²) in [5.41, 5.74) is 5.54. The summed E-state index contributed by atoms with van der Waals surface area (Å²) < 4.78 is 30.9. The molecule has 2 rings (SSSR count). The molecule has 1 aliphatic heterocycles.